The highest BCUT2D eigenvalue weighted by molar-refractivity contribution is 7.89. The van der Waals surface area contributed by atoms with Gasteiger partial charge in [0.1, 0.15) is 0 Å². The highest BCUT2D eigenvalue weighted by Gasteiger charge is 2.31. The van der Waals surface area contributed by atoms with Crippen LogP contribution in [0.5, 0.6) is 0 Å². The van der Waals surface area contributed by atoms with E-state index in [1.807, 2.05) is 19.9 Å². The Balaban J connectivity index is 2.28. The van der Waals surface area contributed by atoms with Crippen LogP contribution in [-0.4, -0.2) is 25.8 Å². The first kappa shape index (κ1) is 15.5. The molecule has 0 unspecified atom stereocenters. The molecule has 0 bridgehead atoms. The van der Waals surface area contributed by atoms with E-state index in [9.17, 15) is 8.42 Å². The molecule has 0 aliphatic heterocycles. The van der Waals surface area contributed by atoms with Gasteiger partial charge in [0.25, 0.3) is 0 Å². The molecule has 0 aromatic heterocycles. The SMILES string of the molecule is CCCN(CC1CC1)S(=O)(=O)c1ccc(CN)c(C)c1. The van der Waals surface area contributed by atoms with Crippen LogP contribution in [0, 0.1) is 12.8 Å². The second-order valence-electron chi connectivity index (χ2n) is 5.60. The molecule has 1 aliphatic rings. The minimum absolute atomic E-state index is 0.390. The summed E-state index contributed by atoms with van der Waals surface area (Å²) in [5.41, 5.74) is 7.57. The van der Waals surface area contributed by atoms with Gasteiger partial charge in [-0.15, -0.1) is 0 Å². The molecule has 1 saturated carbocycles. The Morgan fingerprint density at radius 2 is 2.05 bits per heavy atom. The lowest BCUT2D eigenvalue weighted by atomic mass is 10.1. The maximum atomic E-state index is 12.7. The third-order valence-corrected chi connectivity index (χ3v) is 5.66. The van der Waals surface area contributed by atoms with Gasteiger partial charge in [-0.3, -0.25) is 0 Å². The maximum absolute atomic E-state index is 12.7. The monoisotopic (exact) mass is 296 g/mol. The molecule has 0 spiro atoms. The molecule has 1 aromatic rings. The van der Waals surface area contributed by atoms with Gasteiger partial charge in [-0.2, -0.15) is 4.31 Å². The van der Waals surface area contributed by atoms with Crippen LogP contribution >= 0.6 is 0 Å². The Bertz CT molecular complexity index is 565. The van der Waals surface area contributed by atoms with Crippen LogP contribution in [0.15, 0.2) is 23.1 Å². The van der Waals surface area contributed by atoms with Crippen molar-refractivity contribution in [3.63, 3.8) is 0 Å². The number of nitrogens with two attached hydrogens (primary N) is 1. The molecule has 0 saturated heterocycles. The van der Waals surface area contributed by atoms with Gasteiger partial charge in [0.15, 0.2) is 0 Å². The molecule has 0 amide bonds. The zero-order valence-corrected chi connectivity index (χ0v) is 13.1. The Kier molecular flexibility index (Phi) is 4.83. The van der Waals surface area contributed by atoms with Gasteiger partial charge in [-0.05, 0) is 55.4 Å². The van der Waals surface area contributed by atoms with E-state index in [-0.39, 0.29) is 0 Å². The van der Waals surface area contributed by atoms with Gasteiger partial charge >= 0.3 is 0 Å². The molecule has 1 aliphatic carbocycles. The summed E-state index contributed by atoms with van der Waals surface area (Å²) in [6.07, 6.45) is 3.15. The molecule has 2 rings (SSSR count). The summed E-state index contributed by atoms with van der Waals surface area (Å²) in [4.78, 5) is 0.390. The molecule has 1 aromatic carbocycles. The topological polar surface area (TPSA) is 63.4 Å². The van der Waals surface area contributed by atoms with E-state index in [0.717, 1.165) is 30.4 Å². The Morgan fingerprint density at radius 3 is 2.55 bits per heavy atom. The smallest absolute Gasteiger partial charge is 0.243 e. The van der Waals surface area contributed by atoms with Gasteiger partial charge in [-0.1, -0.05) is 13.0 Å². The molecule has 0 heterocycles. The predicted molar refractivity (Wildman–Crippen MR) is 80.8 cm³/mol. The first-order valence-electron chi connectivity index (χ1n) is 7.28. The largest absolute Gasteiger partial charge is 0.326 e. The third-order valence-electron chi connectivity index (χ3n) is 3.80. The van der Waals surface area contributed by atoms with Gasteiger partial charge in [0.2, 0.25) is 10.0 Å². The summed E-state index contributed by atoms with van der Waals surface area (Å²) in [5, 5.41) is 0. The molecule has 5 heteroatoms. The predicted octanol–water partition coefficient (Wildman–Crippen LogP) is 2.26. The molecule has 0 atom stereocenters. The Hall–Kier alpha value is -0.910. The first-order valence-corrected chi connectivity index (χ1v) is 8.72. The van der Waals surface area contributed by atoms with Gasteiger partial charge < -0.3 is 5.73 Å². The lowest BCUT2D eigenvalue weighted by Gasteiger charge is -2.22. The number of nitrogens with zero attached hydrogens (tertiary/aromatic N) is 1. The van der Waals surface area contributed by atoms with E-state index in [4.69, 9.17) is 5.73 Å². The average molecular weight is 296 g/mol. The fourth-order valence-corrected chi connectivity index (χ4v) is 4.05. The Labute approximate surface area is 122 Å². The highest BCUT2D eigenvalue weighted by Crippen LogP contribution is 2.32. The minimum Gasteiger partial charge on any atom is -0.326 e. The summed E-state index contributed by atoms with van der Waals surface area (Å²) < 4.78 is 27.1. The quantitative estimate of drug-likeness (QED) is 0.839. The van der Waals surface area contributed by atoms with Crippen molar-refractivity contribution in [3.8, 4) is 0 Å². The van der Waals surface area contributed by atoms with E-state index >= 15 is 0 Å². The fourth-order valence-electron chi connectivity index (χ4n) is 2.35. The zero-order chi connectivity index (χ0) is 14.8. The summed E-state index contributed by atoms with van der Waals surface area (Å²) in [5.74, 6) is 0.556. The van der Waals surface area contributed by atoms with Crippen molar-refractivity contribution in [2.45, 2.75) is 44.6 Å². The summed E-state index contributed by atoms with van der Waals surface area (Å²) >= 11 is 0. The van der Waals surface area contributed by atoms with Crippen LogP contribution < -0.4 is 5.73 Å². The van der Waals surface area contributed by atoms with Gasteiger partial charge in [-0.25, -0.2) is 8.42 Å². The zero-order valence-electron chi connectivity index (χ0n) is 12.3. The lowest BCUT2D eigenvalue weighted by Crippen LogP contribution is -2.33. The molecule has 1 fully saturated rings. The van der Waals surface area contributed by atoms with E-state index < -0.39 is 10.0 Å². The number of hydrogen-bond acceptors (Lipinski definition) is 3. The number of rotatable bonds is 7. The van der Waals surface area contributed by atoms with Crippen LogP contribution in [-0.2, 0) is 16.6 Å². The molecular formula is C15H24N2O2S. The van der Waals surface area contributed by atoms with Gasteiger partial charge in [0.05, 0.1) is 4.90 Å². The van der Waals surface area contributed by atoms with Crippen molar-refractivity contribution in [2.75, 3.05) is 13.1 Å². The van der Waals surface area contributed by atoms with E-state index in [2.05, 4.69) is 0 Å². The standard InChI is InChI=1S/C15H24N2O2S/c1-3-8-17(11-13-4-5-13)20(18,19)15-7-6-14(10-16)12(2)9-15/h6-7,9,13H,3-5,8,10-11,16H2,1-2H3. The van der Waals surface area contributed by atoms with E-state index in [1.54, 1.807) is 16.4 Å². The fraction of sp³-hybridized carbons (Fsp3) is 0.600. The van der Waals surface area contributed by atoms with Crippen LogP contribution in [0.25, 0.3) is 0 Å². The molecule has 0 radical (unpaired) electrons. The molecule has 2 N–H and O–H groups in total. The Morgan fingerprint density at radius 1 is 1.35 bits per heavy atom. The highest BCUT2D eigenvalue weighted by atomic mass is 32.2. The number of aryl methyl sites for hydroxylation is 1. The van der Waals surface area contributed by atoms with Crippen molar-refractivity contribution in [1.82, 2.24) is 4.31 Å². The summed E-state index contributed by atoms with van der Waals surface area (Å²) in [7, 11) is -3.37. The van der Waals surface area contributed by atoms with Crippen molar-refractivity contribution in [2.24, 2.45) is 11.7 Å². The van der Waals surface area contributed by atoms with Gasteiger partial charge in [0, 0.05) is 19.6 Å². The molecule has 4 nitrogen and oxygen atoms in total. The lowest BCUT2D eigenvalue weighted by molar-refractivity contribution is 0.395. The second kappa shape index (κ2) is 6.24. The van der Waals surface area contributed by atoms with Crippen LogP contribution in [0.3, 0.4) is 0 Å². The molecular weight excluding hydrogens is 272 g/mol. The molecule has 112 valence electrons. The second-order valence-corrected chi connectivity index (χ2v) is 7.54. The van der Waals surface area contributed by atoms with Crippen molar-refractivity contribution in [1.29, 1.82) is 0 Å². The number of hydrogen-bond donors (Lipinski definition) is 1. The first-order chi connectivity index (χ1) is 9.48. The maximum Gasteiger partial charge on any atom is 0.243 e. The number of sulfonamides is 1. The number of benzene rings is 1. The molecule has 20 heavy (non-hydrogen) atoms. The van der Waals surface area contributed by atoms with Crippen molar-refractivity contribution < 1.29 is 8.42 Å². The summed E-state index contributed by atoms with van der Waals surface area (Å²) in [6, 6.07) is 5.25. The van der Waals surface area contributed by atoms with Crippen molar-refractivity contribution >= 4 is 10.0 Å². The van der Waals surface area contributed by atoms with E-state index in [0.29, 0.717) is 30.4 Å². The summed E-state index contributed by atoms with van der Waals surface area (Å²) in [6.45, 7) is 5.61. The van der Waals surface area contributed by atoms with Crippen LogP contribution in [0.1, 0.15) is 37.3 Å². The van der Waals surface area contributed by atoms with Crippen LogP contribution in [0.4, 0.5) is 0 Å². The normalized spacial score (nSPS) is 15.8. The van der Waals surface area contributed by atoms with Crippen LogP contribution in [0.2, 0.25) is 0 Å². The third kappa shape index (κ3) is 3.40. The van der Waals surface area contributed by atoms with Crippen molar-refractivity contribution in [3.05, 3.63) is 29.3 Å². The minimum atomic E-state index is -3.37. The average Bonchev–Trinajstić information content (AvgIpc) is 3.22. The van der Waals surface area contributed by atoms with E-state index in [1.165, 1.54) is 0 Å².